The molecule has 1 aliphatic heterocycles. The highest BCUT2D eigenvalue weighted by Gasteiger charge is 2.29. The summed E-state index contributed by atoms with van der Waals surface area (Å²) in [5, 5.41) is 3.82. The number of hydrogen-bond donors (Lipinski definition) is 1. The van der Waals surface area contributed by atoms with E-state index in [9.17, 15) is 0 Å². The molecule has 0 aromatic carbocycles. The minimum absolute atomic E-state index is 0.682. The molecule has 1 heterocycles. The SMILES string of the molecule is CCCCC(CC)C(NCCC)C1CCCOC1. The van der Waals surface area contributed by atoms with E-state index >= 15 is 0 Å². The summed E-state index contributed by atoms with van der Waals surface area (Å²) in [6.45, 7) is 10.0. The van der Waals surface area contributed by atoms with Crippen molar-refractivity contribution < 1.29 is 4.74 Å². The molecule has 0 saturated carbocycles. The average Bonchev–Trinajstić information content (AvgIpc) is 2.43. The zero-order chi connectivity index (χ0) is 13.2. The predicted octanol–water partition coefficient (Wildman–Crippen LogP) is 4.00. The van der Waals surface area contributed by atoms with Gasteiger partial charge in [0.1, 0.15) is 0 Å². The van der Waals surface area contributed by atoms with Gasteiger partial charge in [0, 0.05) is 12.6 Å². The number of hydrogen-bond acceptors (Lipinski definition) is 2. The average molecular weight is 255 g/mol. The Morgan fingerprint density at radius 3 is 2.61 bits per heavy atom. The molecule has 0 radical (unpaired) electrons. The molecule has 1 saturated heterocycles. The van der Waals surface area contributed by atoms with Crippen molar-refractivity contribution >= 4 is 0 Å². The van der Waals surface area contributed by atoms with Crippen LogP contribution in [-0.4, -0.2) is 25.8 Å². The molecular weight excluding hydrogens is 222 g/mol. The lowest BCUT2D eigenvalue weighted by molar-refractivity contribution is 0.0270. The van der Waals surface area contributed by atoms with Crippen molar-refractivity contribution in [2.24, 2.45) is 11.8 Å². The number of nitrogens with one attached hydrogen (secondary N) is 1. The minimum atomic E-state index is 0.682. The predicted molar refractivity (Wildman–Crippen MR) is 78.9 cm³/mol. The number of rotatable bonds is 9. The lowest BCUT2D eigenvalue weighted by Gasteiger charge is -2.36. The fourth-order valence-electron chi connectivity index (χ4n) is 3.18. The van der Waals surface area contributed by atoms with E-state index in [1.807, 2.05) is 0 Å². The van der Waals surface area contributed by atoms with Gasteiger partial charge in [0.15, 0.2) is 0 Å². The lowest BCUT2D eigenvalue weighted by atomic mass is 9.81. The molecule has 18 heavy (non-hydrogen) atoms. The van der Waals surface area contributed by atoms with Crippen LogP contribution in [0.5, 0.6) is 0 Å². The topological polar surface area (TPSA) is 21.3 Å². The zero-order valence-electron chi connectivity index (χ0n) is 12.7. The molecule has 0 aliphatic carbocycles. The van der Waals surface area contributed by atoms with Crippen molar-refractivity contribution in [3.63, 3.8) is 0 Å². The van der Waals surface area contributed by atoms with Gasteiger partial charge in [0.2, 0.25) is 0 Å². The van der Waals surface area contributed by atoms with Crippen LogP contribution < -0.4 is 5.32 Å². The van der Waals surface area contributed by atoms with Crippen LogP contribution in [0, 0.1) is 11.8 Å². The first-order valence-corrected chi connectivity index (χ1v) is 8.14. The van der Waals surface area contributed by atoms with Crippen LogP contribution in [0.3, 0.4) is 0 Å². The summed E-state index contributed by atoms with van der Waals surface area (Å²) in [6.07, 6.45) is 9.20. The van der Waals surface area contributed by atoms with Gasteiger partial charge in [-0.05, 0) is 44.1 Å². The molecule has 0 amide bonds. The van der Waals surface area contributed by atoms with E-state index in [1.54, 1.807) is 0 Å². The molecule has 0 aromatic rings. The lowest BCUT2D eigenvalue weighted by Crippen LogP contribution is -2.45. The molecule has 1 aliphatic rings. The second kappa shape index (κ2) is 9.80. The van der Waals surface area contributed by atoms with Crippen LogP contribution in [0.15, 0.2) is 0 Å². The van der Waals surface area contributed by atoms with Crippen molar-refractivity contribution in [1.82, 2.24) is 5.32 Å². The van der Waals surface area contributed by atoms with Gasteiger partial charge in [-0.15, -0.1) is 0 Å². The molecule has 2 nitrogen and oxygen atoms in total. The summed E-state index contributed by atoms with van der Waals surface area (Å²) >= 11 is 0. The van der Waals surface area contributed by atoms with Crippen molar-refractivity contribution in [3.8, 4) is 0 Å². The number of unbranched alkanes of at least 4 members (excludes halogenated alkanes) is 1. The zero-order valence-corrected chi connectivity index (χ0v) is 12.7. The monoisotopic (exact) mass is 255 g/mol. The van der Waals surface area contributed by atoms with Gasteiger partial charge in [0.25, 0.3) is 0 Å². The minimum Gasteiger partial charge on any atom is -0.381 e. The molecule has 2 heteroatoms. The Morgan fingerprint density at radius 1 is 1.22 bits per heavy atom. The van der Waals surface area contributed by atoms with Crippen LogP contribution in [0.4, 0.5) is 0 Å². The highest BCUT2D eigenvalue weighted by molar-refractivity contribution is 4.84. The highest BCUT2D eigenvalue weighted by Crippen LogP contribution is 2.27. The van der Waals surface area contributed by atoms with Gasteiger partial charge < -0.3 is 10.1 Å². The Bertz CT molecular complexity index is 190. The van der Waals surface area contributed by atoms with Crippen LogP contribution in [0.25, 0.3) is 0 Å². The van der Waals surface area contributed by atoms with Gasteiger partial charge in [-0.1, -0.05) is 40.0 Å². The van der Waals surface area contributed by atoms with E-state index in [4.69, 9.17) is 4.74 Å². The molecule has 3 atom stereocenters. The summed E-state index contributed by atoms with van der Waals surface area (Å²) in [5.41, 5.74) is 0. The third-order valence-electron chi connectivity index (χ3n) is 4.29. The Hall–Kier alpha value is -0.0800. The smallest absolute Gasteiger partial charge is 0.0509 e. The Labute approximate surface area is 114 Å². The second-order valence-electron chi connectivity index (χ2n) is 5.77. The first kappa shape index (κ1) is 16.0. The van der Waals surface area contributed by atoms with E-state index in [2.05, 4.69) is 26.1 Å². The Kier molecular flexibility index (Phi) is 8.70. The van der Waals surface area contributed by atoms with Crippen molar-refractivity contribution in [1.29, 1.82) is 0 Å². The maximum atomic E-state index is 5.70. The van der Waals surface area contributed by atoms with E-state index < -0.39 is 0 Å². The Balaban J connectivity index is 2.54. The van der Waals surface area contributed by atoms with Crippen molar-refractivity contribution in [2.45, 2.75) is 71.8 Å². The molecular formula is C16H33NO. The van der Waals surface area contributed by atoms with E-state index in [-0.39, 0.29) is 0 Å². The van der Waals surface area contributed by atoms with Crippen molar-refractivity contribution in [3.05, 3.63) is 0 Å². The maximum absolute atomic E-state index is 5.70. The van der Waals surface area contributed by atoms with E-state index in [0.717, 1.165) is 31.6 Å². The summed E-state index contributed by atoms with van der Waals surface area (Å²) in [5.74, 6) is 1.58. The standard InChI is InChI=1S/C16H33NO/c1-4-7-9-14(6-3)16(17-11-5-2)15-10-8-12-18-13-15/h14-17H,4-13H2,1-3H3. The third-order valence-corrected chi connectivity index (χ3v) is 4.29. The summed E-state index contributed by atoms with van der Waals surface area (Å²) in [7, 11) is 0. The van der Waals surface area contributed by atoms with Crippen LogP contribution in [-0.2, 0) is 4.74 Å². The summed E-state index contributed by atoms with van der Waals surface area (Å²) < 4.78 is 5.70. The fraction of sp³-hybridized carbons (Fsp3) is 1.00. The molecule has 0 aromatic heterocycles. The first-order chi connectivity index (χ1) is 8.83. The summed E-state index contributed by atoms with van der Waals surface area (Å²) in [6, 6.07) is 0.682. The van der Waals surface area contributed by atoms with Gasteiger partial charge in [-0.2, -0.15) is 0 Å². The number of ether oxygens (including phenoxy) is 1. The quantitative estimate of drug-likeness (QED) is 0.672. The molecule has 108 valence electrons. The molecule has 0 spiro atoms. The highest BCUT2D eigenvalue weighted by atomic mass is 16.5. The Morgan fingerprint density at radius 2 is 2.06 bits per heavy atom. The van der Waals surface area contributed by atoms with Crippen LogP contribution >= 0.6 is 0 Å². The van der Waals surface area contributed by atoms with Crippen LogP contribution in [0.2, 0.25) is 0 Å². The molecule has 0 bridgehead atoms. The van der Waals surface area contributed by atoms with Gasteiger partial charge >= 0.3 is 0 Å². The molecule has 3 unspecified atom stereocenters. The molecule has 1 N–H and O–H groups in total. The normalized spacial score (nSPS) is 23.8. The molecule has 1 fully saturated rings. The second-order valence-corrected chi connectivity index (χ2v) is 5.77. The maximum Gasteiger partial charge on any atom is 0.0509 e. The summed E-state index contributed by atoms with van der Waals surface area (Å²) in [4.78, 5) is 0. The first-order valence-electron chi connectivity index (χ1n) is 8.14. The van der Waals surface area contributed by atoms with E-state index in [0.29, 0.717) is 6.04 Å². The van der Waals surface area contributed by atoms with Gasteiger partial charge in [-0.3, -0.25) is 0 Å². The molecule has 1 rings (SSSR count). The van der Waals surface area contributed by atoms with E-state index in [1.165, 1.54) is 44.9 Å². The van der Waals surface area contributed by atoms with Gasteiger partial charge in [-0.25, -0.2) is 0 Å². The third kappa shape index (κ3) is 5.27. The van der Waals surface area contributed by atoms with Gasteiger partial charge in [0.05, 0.1) is 6.61 Å². The van der Waals surface area contributed by atoms with Crippen molar-refractivity contribution in [2.75, 3.05) is 19.8 Å². The largest absolute Gasteiger partial charge is 0.381 e. The fourth-order valence-corrected chi connectivity index (χ4v) is 3.18. The van der Waals surface area contributed by atoms with Crippen LogP contribution in [0.1, 0.15) is 65.7 Å².